The summed E-state index contributed by atoms with van der Waals surface area (Å²) in [5, 5.41) is 11.2. The van der Waals surface area contributed by atoms with Gasteiger partial charge in [0, 0.05) is 10.6 Å². The first-order valence-electron chi connectivity index (χ1n) is 6.01. The lowest BCUT2D eigenvalue weighted by Crippen LogP contribution is -2.04. The third-order valence-corrected chi connectivity index (χ3v) is 3.76. The van der Waals surface area contributed by atoms with Gasteiger partial charge >= 0.3 is 0 Å². The smallest absolute Gasteiger partial charge is 0.106 e. The number of halogens is 1. The summed E-state index contributed by atoms with van der Waals surface area (Å²) in [5.74, 6) is 0. The zero-order chi connectivity index (χ0) is 13.3. The Labute approximate surface area is 113 Å². The number of rotatable bonds is 2. The fourth-order valence-corrected chi connectivity index (χ4v) is 2.33. The number of hydrogen-bond acceptors (Lipinski definition) is 1. The van der Waals surface area contributed by atoms with E-state index in [-0.39, 0.29) is 0 Å². The Bertz CT molecular complexity index is 573. The molecule has 0 fully saturated rings. The predicted octanol–water partition coefficient (Wildman–Crippen LogP) is 4.35. The van der Waals surface area contributed by atoms with Crippen molar-refractivity contribution in [2.75, 3.05) is 0 Å². The predicted molar refractivity (Wildman–Crippen MR) is 76.2 cm³/mol. The minimum absolute atomic E-state index is 0.644. The Morgan fingerprint density at radius 3 is 2.39 bits per heavy atom. The minimum atomic E-state index is -0.669. The van der Waals surface area contributed by atoms with Crippen molar-refractivity contribution < 1.29 is 5.11 Å². The van der Waals surface area contributed by atoms with E-state index >= 15 is 0 Å². The van der Waals surface area contributed by atoms with Crippen molar-refractivity contribution in [3.8, 4) is 0 Å². The van der Waals surface area contributed by atoms with E-state index in [1.807, 2.05) is 57.2 Å². The molecule has 1 nitrogen and oxygen atoms in total. The van der Waals surface area contributed by atoms with E-state index in [9.17, 15) is 5.11 Å². The Hall–Kier alpha value is -1.31. The van der Waals surface area contributed by atoms with Crippen LogP contribution in [0, 0.1) is 20.8 Å². The quantitative estimate of drug-likeness (QED) is 0.851. The van der Waals surface area contributed by atoms with Crippen molar-refractivity contribution in [3.05, 3.63) is 69.2 Å². The fraction of sp³-hybridized carbons (Fsp3) is 0.250. The molecule has 1 unspecified atom stereocenters. The second-order valence-electron chi connectivity index (χ2n) is 4.74. The van der Waals surface area contributed by atoms with E-state index in [4.69, 9.17) is 11.6 Å². The molecule has 0 saturated heterocycles. The maximum absolute atomic E-state index is 10.5. The summed E-state index contributed by atoms with van der Waals surface area (Å²) < 4.78 is 0. The first-order valence-corrected chi connectivity index (χ1v) is 6.38. The van der Waals surface area contributed by atoms with Gasteiger partial charge in [-0.15, -0.1) is 0 Å². The van der Waals surface area contributed by atoms with Crippen molar-refractivity contribution in [2.45, 2.75) is 26.9 Å². The van der Waals surface area contributed by atoms with E-state index in [2.05, 4.69) is 0 Å². The molecule has 0 aliphatic heterocycles. The van der Waals surface area contributed by atoms with Crippen LogP contribution in [0.1, 0.15) is 33.9 Å². The molecule has 2 aromatic carbocycles. The molecule has 0 radical (unpaired) electrons. The van der Waals surface area contributed by atoms with Gasteiger partial charge in [0.05, 0.1) is 0 Å². The van der Waals surface area contributed by atoms with Crippen LogP contribution >= 0.6 is 11.6 Å². The largest absolute Gasteiger partial charge is 0.384 e. The van der Waals surface area contributed by atoms with Crippen molar-refractivity contribution in [2.24, 2.45) is 0 Å². The second-order valence-corrected chi connectivity index (χ2v) is 5.12. The maximum Gasteiger partial charge on any atom is 0.106 e. The molecule has 0 saturated carbocycles. The van der Waals surface area contributed by atoms with Crippen LogP contribution in [-0.2, 0) is 0 Å². The zero-order valence-electron chi connectivity index (χ0n) is 10.9. The molecular weight excluding hydrogens is 244 g/mol. The van der Waals surface area contributed by atoms with E-state index < -0.39 is 6.10 Å². The molecule has 1 N–H and O–H groups in total. The molecule has 2 heteroatoms. The van der Waals surface area contributed by atoms with Crippen LogP contribution in [0.25, 0.3) is 0 Å². The van der Waals surface area contributed by atoms with Gasteiger partial charge < -0.3 is 5.11 Å². The highest BCUT2D eigenvalue weighted by Crippen LogP contribution is 2.32. The number of benzene rings is 2. The van der Waals surface area contributed by atoms with Crippen LogP contribution in [0.2, 0.25) is 5.02 Å². The van der Waals surface area contributed by atoms with Crippen LogP contribution in [0.3, 0.4) is 0 Å². The highest BCUT2D eigenvalue weighted by Gasteiger charge is 2.16. The molecule has 0 heterocycles. The zero-order valence-corrected chi connectivity index (χ0v) is 11.6. The van der Waals surface area contributed by atoms with E-state index in [0.717, 1.165) is 27.8 Å². The van der Waals surface area contributed by atoms with E-state index in [1.54, 1.807) is 0 Å². The SMILES string of the molecule is Cc1ccc(C)c(C(O)c2cccc(C)c2Cl)c1. The third-order valence-electron chi connectivity index (χ3n) is 3.25. The monoisotopic (exact) mass is 260 g/mol. The van der Waals surface area contributed by atoms with E-state index in [0.29, 0.717) is 5.02 Å². The lowest BCUT2D eigenvalue weighted by molar-refractivity contribution is 0.219. The average molecular weight is 261 g/mol. The lowest BCUT2D eigenvalue weighted by atomic mass is 9.95. The molecule has 2 aromatic rings. The van der Waals surface area contributed by atoms with Crippen molar-refractivity contribution >= 4 is 11.6 Å². The standard InChI is InChI=1S/C16H17ClO/c1-10-7-8-11(2)14(9-10)16(18)13-6-4-5-12(3)15(13)17/h4-9,16,18H,1-3H3. The van der Waals surface area contributed by atoms with Crippen molar-refractivity contribution in [3.63, 3.8) is 0 Å². The summed E-state index contributed by atoms with van der Waals surface area (Å²) >= 11 is 6.27. The van der Waals surface area contributed by atoms with Crippen LogP contribution in [-0.4, -0.2) is 5.11 Å². The van der Waals surface area contributed by atoms with Crippen LogP contribution in [0.15, 0.2) is 36.4 Å². The molecule has 0 spiro atoms. The Morgan fingerprint density at radius 1 is 0.944 bits per heavy atom. The maximum atomic E-state index is 10.5. The van der Waals surface area contributed by atoms with Gasteiger partial charge in [-0.1, -0.05) is 53.6 Å². The van der Waals surface area contributed by atoms with Crippen molar-refractivity contribution in [1.82, 2.24) is 0 Å². The van der Waals surface area contributed by atoms with Crippen molar-refractivity contribution in [1.29, 1.82) is 0 Å². The van der Waals surface area contributed by atoms with Gasteiger partial charge in [0.25, 0.3) is 0 Å². The summed E-state index contributed by atoms with van der Waals surface area (Å²) in [5.41, 5.74) is 4.88. The molecular formula is C16H17ClO. The van der Waals surface area contributed by atoms with Crippen LogP contribution in [0.5, 0.6) is 0 Å². The molecule has 0 aromatic heterocycles. The van der Waals surface area contributed by atoms with Gasteiger partial charge in [0.1, 0.15) is 6.10 Å². The minimum Gasteiger partial charge on any atom is -0.384 e. The molecule has 18 heavy (non-hydrogen) atoms. The van der Waals surface area contributed by atoms with Gasteiger partial charge in [-0.05, 0) is 37.5 Å². The fourth-order valence-electron chi connectivity index (χ4n) is 2.10. The topological polar surface area (TPSA) is 20.2 Å². The summed E-state index contributed by atoms with van der Waals surface area (Å²) in [7, 11) is 0. The van der Waals surface area contributed by atoms with Gasteiger partial charge in [-0.3, -0.25) is 0 Å². The molecule has 0 aliphatic carbocycles. The molecule has 0 amide bonds. The first-order chi connectivity index (χ1) is 8.50. The van der Waals surface area contributed by atoms with Crippen LogP contribution < -0.4 is 0 Å². The molecule has 0 aliphatic rings. The number of aliphatic hydroxyl groups is 1. The Balaban J connectivity index is 2.51. The number of aryl methyl sites for hydroxylation is 3. The van der Waals surface area contributed by atoms with Gasteiger partial charge in [0.15, 0.2) is 0 Å². The van der Waals surface area contributed by atoms with Gasteiger partial charge in [0.2, 0.25) is 0 Å². The number of hydrogen-bond donors (Lipinski definition) is 1. The van der Waals surface area contributed by atoms with Crippen LogP contribution in [0.4, 0.5) is 0 Å². The first kappa shape index (κ1) is 13.1. The summed E-state index contributed by atoms with van der Waals surface area (Å²) in [6, 6.07) is 11.8. The lowest BCUT2D eigenvalue weighted by Gasteiger charge is -2.17. The Kier molecular flexibility index (Phi) is 3.74. The van der Waals surface area contributed by atoms with Gasteiger partial charge in [-0.2, -0.15) is 0 Å². The molecule has 0 bridgehead atoms. The number of aliphatic hydroxyl groups excluding tert-OH is 1. The summed E-state index contributed by atoms with van der Waals surface area (Å²) in [6.07, 6.45) is -0.669. The Morgan fingerprint density at radius 2 is 1.67 bits per heavy atom. The van der Waals surface area contributed by atoms with E-state index in [1.165, 1.54) is 0 Å². The summed E-state index contributed by atoms with van der Waals surface area (Å²) in [4.78, 5) is 0. The second kappa shape index (κ2) is 5.13. The highest BCUT2D eigenvalue weighted by atomic mass is 35.5. The normalized spacial score (nSPS) is 12.5. The highest BCUT2D eigenvalue weighted by molar-refractivity contribution is 6.32. The third kappa shape index (κ3) is 2.43. The molecule has 2 rings (SSSR count). The molecule has 1 atom stereocenters. The van der Waals surface area contributed by atoms with Gasteiger partial charge in [-0.25, -0.2) is 0 Å². The molecule has 94 valence electrons. The average Bonchev–Trinajstić information content (AvgIpc) is 2.35. The summed E-state index contributed by atoms with van der Waals surface area (Å²) in [6.45, 7) is 5.97.